The Bertz CT molecular complexity index is 995. The second-order valence-electron chi connectivity index (χ2n) is 5.51. The van der Waals surface area contributed by atoms with Gasteiger partial charge in [0.15, 0.2) is 5.82 Å². The number of carbonyl (C=O) groups excluding carboxylic acids is 1. The van der Waals surface area contributed by atoms with E-state index in [0.717, 1.165) is 0 Å². The third-order valence-corrected chi connectivity index (χ3v) is 3.94. The van der Waals surface area contributed by atoms with Crippen molar-refractivity contribution in [2.45, 2.75) is 6.54 Å². The zero-order valence-electron chi connectivity index (χ0n) is 13.0. The molecule has 1 aliphatic rings. The van der Waals surface area contributed by atoms with Crippen LogP contribution in [0.25, 0.3) is 22.8 Å². The number of benzene rings is 1. The molecule has 124 valence electrons. The number of carboxylic acids is 1. The zero-order valence-corrected chi connectivity index (χ0v) is 13.0. The minimum Gasteiger partial charge on any atom is -0.478 e. The van der Waals surface area contributed by atoms with Gasteiger partial charge in [0.25, 0.3) is 5.91 Å². The van der Waals surface area contributed by atoms with Crippen LogP contribution in [0.15, 0.2) is 42.6 Å². The number of hydrogen-bond acceptors (Lipinski definition) is 5. The van der Waals surface area contributed by atoms with Gasteiger partial charge in [-0.1, -0.05) is 18.2 Å². The van der Waals surface area contributed by atoms with Crippen molar-refractivity contribution in [2.75, 3.05) is 6.54 Å². The predicted octanol–water partition coefficient (Wildman–Crippen LogP) is 1.45. The first kappa shape index (κ1) is 15.0. The van der Waals surface area contributed by atoms with E-state index in [4.69, 9.17) is 0 Å². The van der Waals surface area contributed by atoms with Crippen LogP contribution in [0.2, 0.25) is 0 Å². The molecule has 3 aromatic rings. The van der Waals surface area contributed by atoms with E-state index in [0.29, 0.717) is 41.6 Å². The highest BCUT2D eigenvalue weighted by atomic mass is 16.4. The monoisotopic (exact) mass is 335 g/mol. The first-order chi connectivity index (χ1) is 12.1. The average Bonchev–Trinajstić information content (AvgIpc) is 3.08. The number of hydrogen-bond donors (Lipinski definition) is 2. The van der Waals surface area contributed by atoms with Crippen LogP contribution in [0.3, 0.4) is 0 Å². The van der Waals surface area contributed by atoms with Crippen LogP contribution in [0, 0.1) is 0 Å². The maximum atomic E-state index is 11.9. The molecular weight excluding hydrogens is 322 g/mol. The van der Waals surface area contributed by atoms with Gasteiger partial charge in [0.05, 0.1) is 17.8 Å². The van der Waals surface area contributed by atoms with Gasteiger partial charge in [-0.05, 0) is 18.2 Å². The van der Waals surface area contributed by atoms with Gasteiger partial charge in [0.1, 0.15) is 11.4 Å². The van der Waals surface area contributed by atoms with E-state index in [9.17, 15) is 14.7 Å². The number of nitrogens with zero attached hydrogens (tertiary/aromatic N) is 4. The number of aromatic nitrogens is 4. The van der Waals surface area contributed by atoms with Gasteiger partial charge in [-0.15, -0.1) is 0 Å². The molecule has 4 rings (SSSR count). The summed E-state index contributed by atoms with van der Waals surface area (Å²) in [5, 5.41) is 16.5. The van der Waals surface area contributed by atoms with E-state index in [1.807, 2.05) is 0 Å². The molecular formula is C17H13N5O3. The summed E-state index contributed by atoms with van der Waals surface area (Å²) in [5.41, 5.74) is 2.11. The molecule has 8 nitrogen and oxygen atoms in total. The van der Waals surface area contributed by atoms with Crippen LogP contribution in [-0.2, 0) is 6.54 Å². The molecule has 0 atom stereocenters. The Morgan fingerprint density at radius 1 is 1.20 bits per heavy atom. The second-order valence-corrected chi connectivity index (χ2v) is 5.51. The first-order valence-corrected chi connectivity index (χ1v) is 7.65. The molecule has 0 saturated heterocycles. The fraction of sp³-hybridized carbons (Fsp3) is 0.118. The normalized spacial score (nSPS) is 13.2. The summed E-state index contributed by atoms with van der Waals surface area (Å²) in [6, 6.07) is 9.90. The predicted molar refractivity (Wildman–Crippen MR) is 88.0 cm³/mol. The largest absolute Gasteiger partial charge is 0.478 e. The van der Waals surface area contributed by atoms with Crippen LogP contribution in [0.1, 0.15) is 20.8 Å². The Balaban J connectivity index is 1.79. The number of amides is 1. The van der Waals surface area contributed by atoms with Crippen molar-refractivity contribution in [1.82, 2.24) is 25.1 Å². The second kappa shape index (κ2) is 5.82. The third kappa shape index (κ3) is 2.63. The van der Waals surface area contributed by atoms with E-state index in [1.165, 1.54) is 6.07 Å². The van der Waals surface area contributed by atoms with Gasteiger partial charge in [-0.25, -0.2) is 14.8 Å². The lowest BCUT2D eigenvalue weighted by molar-refractivity contribution is 0.0697. The van der Waals surface area contributed by atoms with Gasteiger partial charge in [0, 0.05) is 18.3 Å². The number of carbonyl (C=O) groups is 2. The van der Waals surface area contributed by atoms with Crippen molar-refractivity contribution in [3.63, 3.8) is 0 Å². The van der Waals surface area contributed by atoms with Crippen LogP contribution >= 0.6 is 0 Å². The molecule has 0 unspecified atom stereocenters. The number of carboxylic acid groups (broad SMARTS) is 1. The molecule has 2 aromatic heterocycles. The molecule has 0 spiro atoms. The fourth-order valence-corrected chi connectivity index (χ4v) is 2.76. The highest BCUT2D eigenvalue weighted by molar-refractivity contribution is 5.95. The molecule has 3 heterocycles. The van der Waals surface area contributed by atoms with Gasteiger partial charge in [0.2, 0.25) is 0 Å². The maximum Gasteiger partial charge on any atom is 0.336 e. The molecule has 0 saturated carbocycles. The Labute approximate surface area is 142 Å². The van der Waals surface area contributed by atoms with E-state index in [2.05, 4.69) is 20.4 Å². The van der Waals surface area contributed by atoms with E-state index in [-0.39, 0.29) is 11.5 Å². The van der Waals surface area contributed by atoms with Crippen molar-refractivity contribution in [3.8, 4) is 22.8 Å². The smallest absolute Gasteiger partial charge is 0.336 e. The Kier molecular flexibility index (Phi) is 3.50. The first-order valence-electron chi connectivity index (χ1n) is 7.65. The third-order valence-electron chi connectivity index (χ3n) is 3.94. The van der Waals surface area contributed by atoms with Crippen molar-refractivity contribution in [1.29, 1.82) is 0 Å². The maximum absolute atomic E-state index is 11.9. The van der Waals surface area contributed by atoms with Crippen LogP contribution in [-0.4, -0.2) is 43.3 Å². The zero-order chi connectivity index (χ0) is 17.4. The molecule has 1 aliphatic heterocycles. The molecule has 0 bridgehead atoms. The number of rotatable bonds is 3. The average molecular weight is 335 g/mol. The van der Waals surface area contributed by atoms with Gasteiger partial charge in [-0.3, -0.25) is 9.48 Å². The topological polar surface area (TPSA) is 110 Å². The number of aromatic carboxylic acids is 1. The minimum absolute atomic E-state index is 0.128. The Morgan fingerprint density at radius 2 is 2.04 bits per heavy atom. The van der Waals surface area contributed by atoms with E-state index < -0.39 is 5.97 Å². The molecule has 25 heavy (non-hydrogen) atoms. The standard InChI is InChI=1S/C17H13N5O3/c23-16-14-9-13(21-22(14)8-7-19-16)12-5-6-18-15(20-12)10-3-1-2-4-11(10)17(24)25/h1-6,9H,7-8H2,(H,19,23)(H,24,25). The van der Waals surface area contributed by atoms with Gasteiger partial charge in [-0.2, -0.15) is 5.10 Å². The highest BCUT2D eigenvalue weighted by Crippen LogP contribution is 2.24. The lowest BCUT2D eigenvalue weighted by Gasteiger charge is -2.13. The summed E-state index contributed by atoms with van der Waals surface area (Å²) < 4.78 is 1.64. The minimum atomic E-state index is -1.04. The lowest BCUT2D eigenvalue weighted by atomic mass is 10.1. The summed E-state index contributed by atoms with van der Waals surface area (Å²) >= 11 is 0. The molecule has 0 radical (unpaired) electrons. The molecule has 0 fully saturated rings. The number of nitrogens with one attached hydrogen (secondary N) is 1. The van der Waals surface area contributed by atoms with Crippen LogP contribution < -0.4 is 5.32 Å². The molecule has 8 heteroatoms. The van der Waals surface area contributed by atoms with Crippen molar-refractivity contribution >= 4 is 11.9 Å². The molecule has 2 N–H and O–H groups in total. The molecule has 1 amide bonds. The summed E-state index contributed by atoms with van der Waals surface area (Å²) in [7, 11) is 0. The van der Waals surface area contributed by atoms with E-state index in [1.54, 1.807) is 41.2 Å². The van der Waals surface area contributed by atoms with Gasteiger partial charge >= 0.3 is 5.97 Å². The summed E-state index contributed by atoms with van der Waals surface area (Å²) in [6.45, 7) is 1.13. The fourth-order valence-electron chi connectivity index (χ4n) is 2.76. The van der Waals surface area contributed by atoms with Gasteiger partial charge < -0.3 is 10.4 Å². The van der Waals surface area contributed by atoms with Crippen molar-refractivity contribution in [3.05, 3.63) is 53.9 Å². The summed E-state index contributed by atoms with van der Waals surface area (Å²) in [6.07, 6.45) is 1.55. The van der Waals surface area contributed by atoms with Crippen LogP contribution in [0.5, 0.6) is 0 Å². The van der Waals surface area contributed by atoms with E-state index >= 15 is 0 Å². The van der Waals surface area contributed by atoms with Crippen LogP contribution in [0.4, 0.5) is 0 Å². The van der Waals surface area contributed by atoms with Crippen molar-refractivity contribution < 1.29 is 14.7 Å². The number of fused-ring (bicyclic) bond motifs is 1. The highest BCUT2D eigenvalue weighted by Gasteiger charge is 2.21. The summed E-state index contributed by atoms with van der Waals surface area (Å²) in [5.74, 6) is -0.917. The molecule has 1 aromatic carbocycles. The SMILES string of the molecule is O=C(O)c1ccccc1-c1nccc(-c2cc3n(n2)CCNC3=O)n1. The lowest BCUT2D eigenvalue weighted by Crippen LogP contribution is -2.35. The Morgan fingerprint density at radius 3 is 2.84 bits per heavy atom. The molecule has 0 aliphatic carbocycles. The van der Waals surface area contributed by atoms with Crippen molar-refractivity contribution in [2.24, 2.45) is 0 Å². The Hall–Kier alpha value is -3.55. The summed E-state index contributed by atoms with van der Waals surface area (Å²) in [4.78, 5) is 31.9. The quantitative estimate of drug-likeness (QED) is 0.749.